The number of hydrogen-bond acceptors (Lipinski definition) is 5. The summed E-state index contributed by atoms with van der Waals surface area (Å²) < 4.78 is 4.77. The van der Waals surface area contributed by atoms with Crippen LogP contribution in [0.4, 0.5) is 5.82 Å². The van der Waals surface area contributed by atoms with Crippen LogP contribution in [-0.4, -0.2) is 31.2 Å². The van der Waals surface area contributed by atoms with Crippen molar-refractivity contribution in [3.05, 3.63) is 23.9 Å². The fourth-order valence-corrected chi connectivity index (χ4v) is 1.83. The van der Waals surface area contributed by atoms with E-state index in [1.807, 2.05) is 4.90 Å². The fraction of sp³-hybridized carbons (Fsp3) is 0.500. The quantitative estimate of drug-likeness (QED) is 0.735. The van der Waals surface area contributed by atoms with E-state index >= 15 is 0 Å². The van der Waals surface area contributed by atoms with Gasteiger partial charge in [-0.05, 0) is 18.1 Å². The van der Waals surface area contributed by atoms with Crippen molar-refractivity contribution in [2.45, 2.75) is 20.3 Å². The molecule has 0 aliphatic rings. The zero-order chi connectivity index (χ0) is 14.3. The lowest BCUT2D eigenvalue weighted by atomic mass is 10.1. The minimum Gasteiger partial charge on any atom is -0.465 e. The van der Waals surface area contributed by atoms with Crippen LogP contribution >= 0.6 is 0 Å². The molecule has 0 aliphatic heterocycles. The molecule has 0 fully saturated rings. The van der Waals surface area contributed by atoms with Crippen LogP contribution in [0, 0.1) is 17.2 Å². The molecule has 0 radical (unpaired) electrons. The number of ether oxygens (including phenoxy) is 1. The van der Waals surface area contributed by atoms with Gasteiger partial charge < -0.3 is 9.64 Å². The van der Waals surface area contributed by atoms with Crippen molar-refractivity contribution in [2.24, 2.45) is 5.92 Å². The minimum atomic E-state index is -0.409. The van der Waals surface area contributed by atoms with Crippen molar-refractivity contribution in [1.29, 1.82) is 5.26 Å². The molecule has 0 spiro atoms. The largest absolute Gasteiger partial charge is 0.465 e. The van der Waals surface area contributed by atoms with Gasteiger partial charge in [0, 0.05) is 19.3 Å². The molecule has 0 unspecified atom stereocenters. The number of hydrogen-bond donors (Lipinski definition) is 0. The molecule has 0 aromatic carbocycles. The summed E-state index contributed by atoms with van der Waals surface area (Å²) in [6.45, 7) is 5.46. The number of methoxy groups -OCH3 is 1. The second-order valence-electron chi connectivity index (χ2n) is 4.61. The molecule has 1 rings (SSSR count). The van der Waals surface area contributed by atoms with Gasteiger partial charge in [0.2, 0.25) is 0 Å². The predicted octanol–water partition coefficient (Wildman–Crippen LogP) is 2.24. The van der Waals surface area contributed by atoms with Crippen molar-refractivity contribution in [2.75, 3.05) is 25.1 Å². The topological polar surface area (TPSA) is 66.2 Å². The lowest BCUT2D eigenvalue weighted by Crippen LogP contribution is -2.31. The van der Waals surface area contributed by atoms with E-state index in [2.05, 4.69) is 24.9 Å². The number of aromatic nitrogens is 1. The molecule has 0 N–H and O–H groups in total. The Morgan fingerprint density at radius 1 is 1.58 bits per heavy atom. The lowest BCUT2D eigenvalue weighted by Gasteiger charge is -2.26. The molecule has 1 aromatic heterocycles. The maximum absolute atomic E-state index is 11.7. The number of esters is 1. The molecule has 5 nitrogen and oxygen atoms in total. The number of nitrogens with zero attached hydrogens (tertiary/aromatic N) is 3. The van der Waals surface area contributed by atoms with E-state index in [0.29, 0.717) is 30.3 Å². The minimum absolute atomic E-state index is 0.393. The number of anilines is 1. The zero-order valence-corrected chi connectivity index (χ0v) is 11.6. The maximum atomic E-state index is 11.7. The molecule has 0 amide bonds. The Morgan fingerprint density at radius 2 is 2.32 bits per heavy atom. The Labute approximate surface area is 113 Å². The Kier molecular flexibility index (Phi) is 5.80. The van der Waals surface area contributed by atoms with E-state index in [1.54, 1.807) is 18.3 Å². The predicted molar refractivity (Wildman–Crippen MR) is 72.9 cm³/mol. The number of rotatable bonds is 6. The molecule has 5 heteroatoms. The van der Waals surface area contributed by atoms with Crippen LogP contribution in [0.2, 0.25) is 0 Å². The summed E-state index contributed by atoms with van der Waals surface area (Å²) in [5.41, 5.74) is 0.434. The van der Waals surface area contributed by atoms with Gasteiger partial charge >= 0.3 is 5.97 Å². The molecule has 1 aromatic rings. The monoisotopic (exact) mass is 261 g/mol. The molecule has 0 atom stereocenters. The SMILES string of the molecule is COC(=O)c1cccnc1N(CCC#N)CC(C)C. The maximum Gasteiger partial charge on any atom is 0.341 e. The lowest BCUT2D eigenvalue weighted by molar-refractivity contribution is 0.0601. The fourth-order valence-electron chi connectivity index (χ4n) is 1.83. The van der Waals surface area contributed by atoms with Crippen LogP contribution in [0.25, 0.3) is 0 Å². The molecule has 102 valence electrons. The Hall–Kier alpha value is -2.09. The standard InChI is InChI=1S/C14H19N3O2/c1-11(2)10-17(9-5-7-15)13-12(14(18)19-3)6-4-8-16-13/h4,6,8,11H,5,9-10H2,1-3H3. The number of carbonyl (C=O) groups excluding carboxylic acids is 1. The van der Waals surface area contributed by atoms with Crippen LogP contribution in [0.5, 0.6) is 0 Å². The third kappa shape index (κ3) is 4.25. The smallest absolute Gasteiger partial charge is 0.341 e. The van der Waals surface area contributed by atoms with Crippen molar-refractivity contribution >= 4 is 11.8 Å². The highest BCUT2D eigenvalue weighted by molar-refractivity contribution is 5.94. The van der Waals surface area contributed by atoms with Gasteiger partial charge in [0.15, 0.2) is 0 Å². The summed E-state index contributed by atoms with van der Waals surface area (Å²) in [6, 6.07) is 5.51. The first kappa shape index (κ1) is 15.0. The van der Waals surface area contributed by atoms with Crippen LogP contribution in [0.3, 0.4) is 0 Å². The molecule has 0 bridgehead atoms. The molecule has 1 heterocycles. The molecule has 0 aliphatic carbocycles. The third-order valence-corrected chi connectivity index (χ3v) is 2.57. The van der Waals surface area contributed by atoms with Gasteiger partial charge in [-0.1, -0.05) is 13.8 Å². The number of pyridine rings is 1. The van der Waals surface area contributed by atoms with Crippen LogP contribution in [-0.2, 0) is 4.74 Å². The van der Waals surface area contributed by atoms with E-state index in [1.165, 1.54) is 7.11 Å². The van der Waals surface area contributed by atoms with E-state index in [0.717, 1.165) is 6.54 Å². The van der Waals surface area contributed by atoms with Gasteiger partial charge in [-0.3, -0.25) is 0 Å². The summed E-state index contributed by atoms with van der Waals surface area (Å²) in [6.07, 6.45) is 2.03. The Morgan fingerprint density at radius 3 is 2.89 bits per heavy atom. The Bertz CT molecular complexity index is 466. The normalized spacial score (nSPS) is 10.1. The van der Waals surface area contributed by atoms with E-state index in [9.17, 15) is 4.79 Å². The van der Waals surface area contributed by atoms with Gasteiger partial charge in [-0.25, -0.2) is 9.78 Å². The summed E-state index contributed by atoms with van der Waals surface area (Å²) >= 11 is 0. The van der Waals surface area contributed by atoms with Gasteiger partial charge in [0.25, 0.3) is 0 Å². The average Bonchev–Trinajstić information content (AvgIpc) is 2.42. The molecule has 19 heavy (non-hydrogen) atoms. The summed E-state index contributed by atoms with van der Waals surface area (Å²) in [4.78, 5) is 18.0. The highest BCUT2D eigenvalue weighted by Crippen LogP contribution is 2.19. The molecular weight excluding hydrogens is 242 g/mol. The van der Waals surface area contributed by atoms with Gasteiger partial charge in [-0.2, -0.15) is 5.26 Å². The van der Waals surface area contributed by atoms with Crippen LogP contribution in [0.1, 0.15) is 30.6 Å². The van der Waals surface area contributed by atoms with Gasteiger partial charge in [-0.15, -0.1) is 0 Å². The number of nitriles is 1. The van der Waals surface area contributed by atoms with Crippen molar-refractivity contribution in [3.8, 4) is 6.07 Å². The van der Waals surface area contributed by atoms with Crippen molar-refractivity contribution in [3.63, 3.8) is 0 Å². The first-order valence-corrected chi connectivity index (χ1v) is 6.25. The van der Waals surface area contributed by atoms with E-state index in [4.69, 9.17) is 10.00 Å². The summed E-state index contributed by atoms with van der Waals surface area (Å²) in [5.74, 6) is 0.582. The highest BCUT2D eigenvalue weighted by Gasteiger charge is 2.18. The molecular formula is C14H19N3O2. The first-order valence-electron chi connectivity index (χ1n) is 6.25. The summed E-state index contributed by atoms with van der Waals surface area (Å²) in [5, 5.41) is 8.73. The van der Waals surface area contributed by atoms with Gasteiger partial charge in [0.05, 0.1) is 19.6 Å². The third-order valence-electron chi connectivity index (χ3n) is 2.57. The Balaban J connectivity index is 3.07. The van der Waals surface area contributed by atoms with E-state index in [-0.39, 0.29) is 0 Å². The molecule has 0 saturated heterocycles. The second-order valence-corrected chi connectivity index (χ2v) is 4.61. The average molecular weight is 261 g/mol. The second kappa shape index (κ2) is 7.37. The van der Waals surface area contributed by atoms with Crippen molar-refractivity contribution in [1.82, 2.24) is 4.98 Å². The molecule has 0 saturated carbocycles. The van der Waals surface area contributed by atoms with Gasteiger partial charge in [0.1, 0.15) is 11.4 Å². The number of carbonyl (C=O) groups is 1. The van der Waals surface area contributed by atoms with Crippen LogP contribution < -0.4 is 4.90 Å². The van der Waals surface area contributed by atoms with E-state index < -0.39 is 5.97 Å². The zero-order valence-electron chi connectivity index (χ0n) is 11.6. The van der Waals surface area contributed by atoms with Crippen molar-refractivity contribution < 1.29 is 9.53 Å². The first-order chi connectivity index (χ1) is 9.10. The summed E-state index contributed by atoms with van der Waals surface area (Å²) in [7, 11) is 1.35. The highest BCUT2D eigenvalue weighted by atomic mass is 16.5. The van der Waals surface area contributed by atoms with Crippen LogP contribution in [0.15, 0.2) is 18.3 Å².